The van der Waals surface area contributed by atoms with Crippen LogP contribution in [-0.2, 0) is 11.3 Å². The Bertz CT molecular complexity index is 451. The minimum absolute atomic E-state index is 0.107. The second kappa shape index (κ2) is 6.38. The summed E-state index contributed by atoms with van der Waals surface area (Å²) in [5, 5.41) is 14.8. The van der Waals surface area contributed by atoms with Crippen LogP contribution in [-0.4, -0.2) is 29.6 Å². The highest BCUT2D eigenvalue weighted by molar-refractivity contribution is 5.87. The highest BCUT2D eigenvalue weighted by atomic mass is 16.4. The van der Waals surface area contributed by atoms with Crippen molar-refractivity contribution in [2.24, 2.45) is 0 Å². The van der Waals surface area contributed by atoms with E-state index in [1.165, 1.54) is 12.3 Å². The topological polar surface area (TPSA) is 91.6 Å². The van der Waals surface area contributed by atoms with Crippen LogP contribution < -0.4 is 10.6 Å². The molecule has 1 heterocycles. The lowest BCUT2D eigenvalue weighted by Gasteiger charge is -2.04. The molecule has 0 unspecified atom stereocenters. The van der Waals surface area contributed by atoms with Crippen LogP contribution in [0.1, 0.15) is 41.8 Å². The number of carbonyl (C=O) groups is 2. The average molecular weight is 266 g/mol. The summed E-state index contributed by atoms with van der Waals surface area (Å²) >= 11 is 0. The molecule has 0 radical (unpaired) electrons. The molecule has 0 aromatic carbocycles. The summed E-state index contributed by atoms with van der Waals surface area (Å²) in [4.78, 5) is 22.0. The van der Waals surface area contributed by atoms with Gasteiger partial charge in [0.05, 0.1) is 12.1 Å². The molecule has 3 N–H and O–H groups in total. The second-order valence-corrected chi connectivity index (χ2v) is 4.73. The lowest BCUT2D eigenvalue weighted by Crippen LogP contribution is -2.26. The van der Waals surface area contributed by atoms with E-state index in [0.717, 1.165) is 19.3 Å². The summed E-state index contributed by atoms with van der Waals surface area (Å²) in [5.74, 6) is -0.304. The van der Waals surface area contributed by atoms with E-state index in [9.17, 15) is 9.59 Å². The van der Waals surface area contributed by atoms with Crippen LogP contribution in [0.2, 0.25) is 0 Å². The highest BCUT2D eigenvalue weighted by Crippen LogP contribution is 2.18. The molecule has 104 valence electrons. The number of nitrogens with one attached hydrogen (secondary N) is 2. The molecule has 19 heavy (non-hydrogen) atoms. The number of hydrogen-bond donors (Lipinski definition) is 3. The number of amides is 1. The Kier molecular flexibility index (Phi) is 4.57. The van der Waals surface area contributed by atoms with E-state index in [-0.39, 0.29) is 11.5 Å². The Morgan fingerprint density at radius 1 is 1.42 bits per heavy atom. The molecule has 0 spiro atoms. The van der Waals surface area contributed by atoms with Crippen LogP contribution in [0.3, 0.4) is 0 Å². The number of rotatable bonds is 8. The predicted octanol–water partition coefficient (Wildman–Crippen LogP) is 1.13. The number of carboxylic acid groups (broad SMARTS) is 1. The van der Waals surface area contributed by atoms with Crippen molar-refractivity contribution < 1.29 is 19.1 Å². The van der Waals surface area contributed by atoms with Crippen molar-refractivity contribution in [2.75, 3.05) is 6.54 Å². The summed E-state index contributed by atoms with van der Waals surface area (Å²) in [6.07, 6.45) is 4.71. The third kappa shape index (κ3) is 4.75. The fourth-order valence-electron chi connectivity index (χ4n) is 1.70. The van der Waals surface area contributed by atoms with Gasteiger partial charge >= 0.3 is 5.97 Å². The standard InChI is InChI=1S/C13H18N2O4/c16-12(15-10-3-4-10)2-1-5-14-7-11-6-9(8-19-11)13(17)18/h6,8,10,14H,1-5,7H2,(H,15,16)(H,17,18). The summed E-state index contributed by atoms with van der Waals surface area (Å²) in [6, 6.07) is 1.91. The molecule has 2 rings (SSSR count). The molecule has 1 aliphatic carbocycles. The first-order chi connectivity index (χ1) is 9.15. The van der Waals surface area contributed by atoms with Gasteiger partial charge in [0.1, 0.15) is 12.0 Å². The Morgan fingerprint density at radius 2 is 2.21 bits per heavy atom. The summed E-state index contributed by atoms with van der Waals surface area (Å²) in [5.41, 5.74) is 0.153. The summed E-state index contributed by atoms with van der Waals surface area (Å²) < 4.78 is 5.09. The maximum atomic E-state index is 11.4. The predicted molar refractivity (Wildman–Crippen MR) is 67.8 cm³/mol. The van der Waals surface area contributed by atoms with Gasteiger partial charge < -0.3 is 20.2 Å². The average Bonchev–Trinajstić information content (AvgIpc) is 3.04. The van der Waals surface area contributed by atoms with Crippen molar-refractivity contribution in [3.8, 4) is 0 Å². The zero-order chi connectivity index (χ0) is 13.7. The molecule has 0 atom stereocenters. The van der Waals surface area contributed by atoms with E-state index in [0.29, 0.717) is 31.3 Å². The van der Waals surface area contributed by atoms with E-state index < -0.39 is 5.97 Å². The molecule has 1 aromatic rings. The van der Waals surface area contributed by atoms with Gasteiger partial charge in [0.2, 0.25) is 5.91 Å². The number of carboxylic acids is 1. The molecule has 1 aliphatic rings. The highest BCUT2D eigenvalue weighted by Gasteiger charge is 2.22. The van der Waals surface area contributed by atoms with Gasteiger partial charge in [-0.15, -0.1) is 0 Å². The molecule has 0 aliphatic heterocycles. The Morgan fingerprint density at radius 3 is 2.84 bits per heavy atom. The first-order valence-electron chi connectivity index (χ1n) is 6.46. The van der Waals surface area contributed by atoms with Gasteiger partial charge in [-0.2, -0.15) is 0 Å². The number of hydrogen-bond acceptors (Lipinski definition) is 4. The zero-order valence-electron chi connectivity index (χ0n) is 10.6. The summed E-state index contributed by atoms with van der Waals surface area (Å²) in [6.45, 7) is 1.17. The zero-order valence-corrected chi connectivity index (χ0v) is 10.6. The van der Waals surface area contributed by atoms with Crippen LogP contribution in [0.5, 0.6) is 0 Å². The normalized spacial score (nSPS) is 14.3. The minimum Gasteiger partial charge on any atom is -0.478 e. The maximum Gasteiger partial charge on any atom is 0.338 e. The number of aromatic carboxylic acids is 1. The molecule has 6 heteroatoms. The van der Waals surface area contributed by atoms with Crippen molar-refractivity contribution in [1.29, 1.82) is 0 Å². The lowest BCUT2D eigenvalue weighted by molar-refractivity contribution is -0.121. The molecule has 6 nitrogen and oxygen atoms in total. The quantitative estimate of drug-likeness (QED) is 0.613. The Labute approximate surface area is 111 Å². The van der Waals surface area contributed by atoms with Gasteiger partial charge in [-0.25, -0.2) is 4.79 Å². The molecular formula is C13H18N2O4. The number of carbonyl (C=O) groups excluding carboxylic acids is 1. The maximum absolute atomic E-state index is 11.4. The van der Waals surface area contributed by atoms with E-state index in [1.54, 1.807) is 0 Å². The molecule has 1 amide bonds. The van der Waals surface area contributed by atoms with Gasteiger partial charge in [-0.3, -0.25) is 4.79 Å². The Balaban J connectivity index is 1.55. The van der Waals surface area contributed by atoms with E-state index in [4.69, 9.17) is 9.52 Å². The second-order valence-electron chi connectivity index (χ2n) is 4.73. The van der Waals surface area contributed by atoms with Gasteiger partial charge in [0.15, 0.2) is 0 Å². The van der Waals surface area contributed by atoms with Gasteiger partial charge in [0, 0.05) is 12.5 Å². The largest absolute Gasteiger partial charge is 0.478 e. The Hall–Kier alpha value is -1.82. The van der Waals surface area contributed by atoms with Crippen molar-refractivity contribution >= 4 is 11.9 Å². The van der Waals surface area contributed by atoms with Crippen LogP contribution in [0, 0.1) is 0 Å². The fourth-order valence-corrected chi connectivity index (χ4v) is 1.70. The van der Waals surface area contributed by atoms with Crippen LogP contribution >= 0.6 is 0 Å². The molecular weight excluding hydrogens is 248 g/mol. The first kappa shape index (κ1) is 13.6. The third-order valence-corrected chi connectivity index (χ3v) is 2.90. The van der Waals surface area contributed by atoms with E-state index >= 15 is 0 Å². The van der Waals surface area contributed by atoms with E-state index in [1.807, 2.05) is 0 Å². The van der Waals surface area contributed by atoms with Crippen LogP contribution in [0.15, 0.2) is 16.7 Å². The van der Waals surface area contributed by atoms with Gasteiger partial charge in [-0.05, 0) is 31.9 Å². The molecule has 1 aromatic heterocycles. The molecule has 0 saturated heterocycles. The third-order valence-electron chi connectivity index (χ3n) is 2.90. The monoisotopic (exact) mass is 266 g/mol. The first-order valence-corrected chi connectivity index (χ1v) is 6.46. The van der Waals surface area contributed by atoms with Crippen molar-refractivity contribution in [1.82, 2.24) is 10.6 Å². The SMILES string of the molecule is O=C(CCCNCc1cc(C(=O)O)co1)NC1CC1. The molecule has 1 saturated carbocycles. The van der Waals surface area contributed by atoms with Crippen molar-refractivity contribution in [2.45, 2.75) is 38.3 Å². The number of furan rings is 1. The molecule has 1 fully saturated rings. The van der Waals surface area contributed by atoms with E-state index in [2.05, 4.69) is 10.6 Å². The van der Waals surface area contributed by atoms with Gasteiger partial charge in [0.25, 0.3) is 0 Å². The fraction of sp³-hybridized carbons (Fsp3) is 0.538. The van der Waals surface area contributed by atoms with Gasteiger partial charge in [-0.1, -0.05) is 0 Å². The van der Waals surface area contributed by atoms with Crippen molar-refractivity contribution in [3.63, 3.8) is 0 Å². The van der Waals surface area contributed by atoms with Crippen LogP contribution in [0.4, 0.5) is 0 Å². The molecule has 0 bridgehead atoms. The smallest absolute Gasteiger partial charge is 0.338 e. The van der Waals surface area contributed by atoms with Crippen LogP contribution in [0.25, 0.3) is 0 Å². The lowest BCUT2D eigenvalue weighted by atomic mass is 10.3. The minimum atomic E-state index is -0.994. The summed E-state index contributed by atoms with van der Waals surface area (Å²) in [7, 11) is 0. The van der Waals surface area contributed by atoms with Crippen molar-refractivity contribution in [3.05, 3.63) is 23.7 Å².